The van der Waals surface area contributed by atoms with Crippen molar-refractivity contribution >= 4 is 5.91 Å². The van der Waals surface area contributed by atoms with Gasteiger partial charge < -0.3 is 65.1 Å². The Kier molecular flexibility index (Phi) is 51.0. The van der Waals surface area contributed by atoms with Crippen LogP contribution in [0.2, 0.25) is 0 Å². The van der Waals surface area contributed by atoms with Crippen molar-refractivity contribution in [2.24, 2.45) is 0 Å². The van der Waals surface area contributed by atoms with Crippen LogP contribution in [0.1, 0.15) is 316 Å². The highest BCUT2D eigenvalue weighted by molar-refractivity contribution is 5.76. The van der Waals surface area contributed by atoms with Crippen LogP contribution < -0.4 is 5.32 Å². The second-order valence-electron chi connectivity index (χ2n) is 25.0. The van der Waals surface area contributed by atoms with Crippen LogP contribution in [0.4, 0.5) is 0 Å². The quantitative estimate of drug-likeness (QED) is 0.0204. The molecule has 0 aromatic carbocycles. The molecule has 0 saturated carbocycles. The Balaban J connectivity index is 1.66. The largest absolute Gasteiger partial charge is 0.394 e. The van der Waals surface area contributed by atoms with Crippen LogP contribution in [0, 0.1) is 0 Å². The molecular formula is C69H131NO13. The first kappa shape index (κ1) is 77.6. The predicted molar refractivity (Wildman–Crippen MR) is 337 cm³/mol. The minimum Gasteiger partial charge on any atom is -0.394 e. The summed E-state index contributed by atoms with van der Waals surface area (Å²) in [5, 5.41) is 87.6. The number of allylic oxidation sites excluding steroid dienone is 4. The lowest BCUT2D eigenvalue weighted by Gasteiger charge is -2.46. The van der Waals surface area contributed by atoms with Crippen molar-refractivity contribution in [1.29, 1.82) is 0 Å². The summed E-state index contributed by atoms with van der Waals surface area (Å²) in [6.07, 6.45) is 50.4. The predicted octanol–water partition coefficient (Wildman–Crippen LogP) is 14.0. The van der Waals surface area contributed by atoms with Crippen molar-refractivity contribution in [3.63, 3.8) is 0 Å². The third-order valence-corrected chi connectivity index (χ3v) is 17.4. The van der Waals surface area contributed by atoms with E-state index >= 15 is 0 Å². The van der Waals surface area contributed by atoms with Crippen LogP contribution in [0.15, 0.2) is 24.3 Å². The molecule has 2 heterocycles. The van der Waals surface area contributed by atoms with Gasteiger partial charge in [-0.15, -0.1) is 0 Å². The van der Waals surface area contributed by atoms with E-state index < -0.39 is 86.8 Å². The molecule has 2 aliphatic heterocycles. The summed E-state index contributed by atoms with van der Waals surface area (Å²) >= 11 is 0. The van der Waals surface area contributed by atoms with E-state index in [1.165, 1.54) is 231 Å². The van der Waals surface area contributed by atoms with Gasteiger partial charge in [-0.2, -0.15) is 0 Å². The van der Waals surface area contributed by atoms with E-state index in [0.717, 1.165) is 57.8 Å². The van der Waals surface area contributed by atoms with Gasteiger partial charge in [-0.25, -0.2) is 0 Å². The molecule has 0 radical (unpaired) electrons. The number of ether oxygens (including phenoxy) is 4. The molecule has 12 unspecified atom stereocenters. The molecular weight excluding hydrogens is 1050 g/mol. The van der Waals surface area contributed by atoms with Crippen LogP contribution >= 0.6 is 0 Å². The lowest BCUT2D eigenvalue weighted by Crippen LogP contribution is -2.65. The van der Waals surface area contributed by atoms with E-state index in [4.69, 9.17) is 18.9 Å². The third-order valence-electron chi connectivity index (χ3n) is 17.4. The van der Waals surface area contributed by atoms with Gasteiger partial charge in [-0.3, -0.25) is 4.79 Å². The van der Waals surface area contributed by atoms with E-state index in [-0.39, 0.29) is 12.5 Å². The van der Waals surface area contributed by atoms with E-state index in [2.05, 4.69) is 43.5 Å². The maximum atomic E-state index is 13.3. The molecule has 2 fully saturated rings. The van der Waals surface area contributed by atoms with Crippen LogP contribution in [0.3, 0.4) is 0 Å². The average Bonchev–Trinajstić information content (AvgIpc) is 3.65. The highest BCUT2D eigenvalue weighted by atomic mass is 16.7. The maximum absolute atomic E-state index is 13.3. The molecule has 14 nitrogen and oxygen atoms in total. The zero-order valence-electron chi connectivity index (χ0n) is 53.2. The smallest absolute Gasteiger partial charge is 0.220 e. The summed E-state index contributed by atoms with van der Waals surface area (Å²) in [5.41, 5.74) is 0. The molecule has 0 aromatic heterocycles. The Morgan fingerprint density at radius 3 is 1.20 bits per heavy atom. The monoisotopic (exact) mass is 1180 g/mol. The van der Waals surface area contributed by atoms with Crippen molar-refractivity contribution < 1.29 is 64.6 Å². The first-order chi connectivity index (χ1) is 40.6. The Labute approximate surface area is 507 Å². The SMILES string of the molecule is CCCCCCC/C=C\C/C=C\CCCCCCCCCCCCCCCCCCCC(=O)NC(COC1OC(CO)C(OC2OC(CO)C(O)C(O)C2O)C(O)C1O)C(O)CCCCCCCCCCCCCCCCCCCCCC. The molecule has 14 heteroatoms. The van der Waals surface area contributed by atoms with Crippen molar-refractivity contribution in [3.05, 3.63) is 24.3 Å². The highest BCUT2D eigenvalue weighted by Crippen LogP contribution is 2.30. The number of carbonyl (C=O) groups is 1. The van der Waals surface area contributed by atoms with Gasteiger partial charge in [-0.1, -0.05) is 289 Å². The topological polar surface area (TPSA) is 228 Å². The number of carbonyl (C=O) groups excluding carboxylic acids is 1. The number of nitrogens with one attached hydrogen (secondary N) is 1. The normalized spacial score (nSPS) is 23.9. The van der Waals surface area contributed by atoms with Gasteiger partial charge >= 0.3 is 0 Å². The molecule has 1 amide bonds. The van der Waals surface area contributed by atoms with Crippen LogP contribution in [-0.4, -0.2) is 140 Å². The molecule has 12 atom stereocenters. The lowest BCUT2D eigenvalue weighted by molar-refractivity contribution is -0.359. The number of unbranched alkanes of at least 4 members (excludes halogenated alkanes) is 41. The maximum Gasteiger partial charge on any atom is 0.220 e. The zero-order valence-corrected chi connectivity index (χ0v) is 53.2. The fourth-order valence-corrected chi connectivity index (χ4v) is 11.8. The van der Waals surface area contributed by atoms with Crippen LogP contribution in [0.5, 0.6) is 0 Å². The van der Waals surface area contributed by atoms with E-state index in [1.807, 2.05) is 0 Å². The number of aliphatic hydroxyl groups excluding tert-OH is 8. The minimum absolute atomic E-state index is 0.201. The molecule has 0 aliphatic carbocycles. The molecule has 9 N–H and O–H groups in total. The van der Waals surface area contributed by atoms with Crippen molar-refractivity contribution in [2.75, 3.05) is 19.8 Å². The van der Waals surface area contributed by atoms with Gasteiger partial charge in [0, 0.05) is 6.42 Å². The molecule has 0 aromatic rings. The van der Waals surface area contributed by atoms with Gasteiger partial charge in [0.2, 0.25) is 5.91 Å². The van der Waals surface area contributed by atoms with Gasteiger partial charge in [0.1, 0.15) is 48.8 Å². The number of amides is 1. The molecule has 0 bridgehead atoms. The number of hydrogen-bond acceptors (Lipinski definition) is 13. The van der Waals surface area contributed by atoms with E-state index in [0.29, 0.717) is 12.8 Å². The summed E-state index contributed by atoms with van der Waals surface area (Å²) in [6, 6.07) is -0.827. The first-order valence-electron chi connectivity index (χ1n) is 35.1. The Bertz CT molecular complexity index is 1490. The van der Waals surface area contributed by atoms with Crippen molar-refractivity contribution in [2.45, 2.75) is 389 Å². The number of rotatable bonds is 58. The van der Waals surface area contributed by atoms with Gasteiger partial charge in [0.05, 0.1) is 32.0 Å². The fourth-order valence-electron chi connectivity index (χ4n) is 11.8. The minimum atomic E-state index is -1.78. The number of hydrogen-bond donors (Lipinski definition) is 9. The van der Waals surface area contributed by atoms with Crippen LogP contribution in [-0.2, 0) is 23.7 Å². The molecule has 2 saturated heterocycles. The van der Waals surface area contributed by atoms with Crippen molar-refractivity contribution in [1.82, 2.24) is 5.32 Å². The average molecular weight is 1180 g/mol. The summed E-state index contributed by atoms with van der Waals surface area (Å²) in [6.45, 7) is 2.90. The van der Waals surface area contributed by atoms with Crippen LogP contribution in [0.25, 0.3) is 0 Å². The van der Waals surface area contributed by atoms with Crippen molar-refractivity contribution in [3.8, 4) is 0 Å². The van der Waals surface area contributed by atoms with Gasteiger partial charge in [-0.05, 0) is 44.9 Å². The Morgan fingerprint density at radius 1 is 0.434 bits per heavy atom. The first-order valence-corrected chi connectivity index (χ1v) is 35.1. The summed E-state index contributed by atoms with van der Waals surface area (Å²) in [5.74, 6) is -0.201. The summed E-state index contributed by atoms with van der Waals surface area (Å²) < 4.78 is 22.9. The van der Waals surface area contributed by atoms with Gasteiger partial charge in [0.25, 0.3) is 0 Å². The highest BCUT2D eigenvalue weighted by Gasteiger charge is 2.51. The second-order valence-corrected chi connectivity index (χ2v) is 25.0. The standard InChI is InChI=1S/C69H131NO13/c1-3-5-7-9-11-13-15-17-19-21-23-25-26-27-28-29-30-31-32-33-35-37-39-41-43-45-47-49-51-53-61(74)70-57(58(73)52-50-48-46-44-42-40-38-36-34-24-22-20-18-16-14-12-10-8-6-4-2)56-80-68-66(79)64(77)67(60(55-72)82-68)83-69-65(78)63(76)62(75)59(54-71)81-69/h15,17,21,23,57-60,62-69,71-73,75-79H,3-14,16,18-20,22,24-56H2,1-2H3,(H,70,74)/b17-15-,23-21-. The second kappa shape index (κ2) is 54.6. The van der Waals surface area contributed by atoms with E-state index in [1.54, 1.807) is 0 Å². The third kappa shape index (κ3) is 39.2. The summed E-state index contributed by atoms with van der Waals surface area (Å²) in [7, 11) is 0. The lowest BCUT2D eigenvalue weighted by atomic mass is 9.97. The fraction of sp³-hybridized carbons (Fsp3) is 0.928. The number of aliphatic hydroxyl groups is 8. The van der Waals surface area contributed by atoms with E-state index in [9.17, 15) is 45.6 Å². The Morgan fingerprint density at radius 2 is 0.795 bits per heavy atom. The molecule has 0 spiro atoms. The molecule has 490 valence electrons. The molecule has 83 heavy (non-hydrogen) atoms. The molecule has 2 aliphatic rings. The van der Waals surface area contributed by atoms with Gasteiger partial charge in [0.15, 0.2) is 12.6 Å². The zero-order chi connectivity index (χ0) is 60.2. The Hall–Kier alpha value is -1.53. The molecule has 2 rings (SSSR count). The summed E-state index contributed by atoms with van der Waals surface area (Å²) in [4.78, 5) is 13.3.